The Morgan fingerprint density at radius 1 is 1.24 bits per heavy atom. The first-order chi connectivity index (χ1) is 7.97. The largest absolute Gasteiger partial charge is 0.508 e. The topological polar surface area (TPSA) is 41.5 Å². The molecule has 96 valence electrons. The van der Waals surface area contributed by atoms with E-state index >= 15 is 0 Å². The number of hydrogen-bond acceptors (Lipinski definition) is 3. The summed E-state index contributed by atoms with van der Waals surface area (Å²) in [4.78, 5) is 0. The van der Waals surface area contributed by atoms with Gasteiger partial charge in [0.15, 0.2) is 18.1 Å². The zero-order chi connectivity index (χ0) is 12.7. The van der Waals surface area contributed by atoms with Gasteiger partial charge in [-0.15, -0.1) is 0 Å². The van der Waals surface area contributed by atoms with Crippen molar-refractivity contribution in [1.29, 1.82) is 0 Å². The lowest BCUT2D eigenvalue weighted by Gasteiger charge is -2.17. The van der Waals surface area contributed by atoms with Crippen molar-refractivity contribution in [2.45, 2.75) is 26.1 Å². The third-order valence-corrected chi connectivity index (χ3v) is 7.18. The van der Waals surface area contributed by atoms with E-state index in [2.05, 4.69) is 25.0 Å². The van der Waals surface area contributed by atoms with Crippen molar-refractivity contribution in [1.82, 2.24) is 5.32 Å². The molecular formula is C12H23NO2Si2. The maximum absolute atomic E-state index is 9.15. The fourth-order valence-electron chi connectivity index (χ4n) is 1.45. The van der Waals surface area contributed by atoms with Gasteiger partial charge in [-0.2, -0.15) is 0 Å². The molecule has 5 heteroatoms. The first-order valence-electron chi connectivity index (χ1n) is 6.10. The van der Waals surface area contributed by atoms with Gasteiger partial charge in [0.1, 0.15) is 5.75 Å². The van der Waals surface area contributed by atoms with Gasteiger partial charge < -0.3 is 14.5 Å². The molecule has 17 heavy (non-hydrogen) atoms. The summed E-state index contributed by atoms with van der Waals surface area (Å²) in [5.41, 5.74) is 1.25. The minimum Gasteiger partial charge on any atom is -0.508 e. The molecule has 0 aliphatic heterocycles. The van der Waals surface area contributed by atoms with E-state index in [-0.39, 0.29) is 9.76 Å². The van der Waals surface area contributed by atoms with Crippen molar-refractivity contribution in [3.05, 3.63) is 29.8 Å². The molecule has 0 aliphatic carbocycles. The smallest absolute Gasteiger partial charge is 0.169 e. The average molecular weight is 269 g/mol. The highest BCUT2D eigenvalue weighted by Gasteiger charge is 2.12. The maximum Gasteiger partial charge on any atom is 0.169 e. The Balaban J connectivity index is 2.07. The molecule has 0 aromatic heterocycles. The molecule has 0 bridgehead atoms. The summed E-state index contributed by atoms with van der Waals surface area (Å²) >= 11 is 0. The number of phenols is 1. The predicted octanol–water partition coefficient (Wildman–Crippen LogP) is 1.42. The summed E-state index contributed by atoms with van der Waals surface area (Å²) in [5.74, 6) is 0.331. The van der Waals surface area contributed by atoms with Gasteiger partial charge in [-0.05, 0) is 50.3 Å². The minimum atomic E-state index is -1.29. The molecule has 0 aliphatic rings. The number of hydrogen-bond donors (Lipinski definition) is 2. The van der Waals surface area contributed by atoms with Crippen LogP contribution >= 0.6 is 0 Å². The van der Waals surface area contributed by atoms with Crippen molar-refractivity contribution >= 4 is 18.1 Å². The lowest BCUT2D eigenvalue weighted by atomic mass is 10.1. The van der Waals surface area contributed by atoms with E-state index in [1.165, 1.54) is 5.56 Å². The monoisotopic (exact) mass is 269 g/mol. The molecular weight excluding hydrogens is 246 g/mol. The molecule has 0 heterocycles. The first kappa shape index (κ1) is 14.4. The van der Waals surface area contributed by atoms with Crippen LogP contribution in [-0.2, 0) is 10.5 Å². The van der Waals surface area contributed by atoms with Crippen LogP contribution in [0.2, 0.25) is 19.6 Å². The quantitative estimate of drug-likeness (QED) is 0.581. The lowest BCUT2D eigenvalue weighted by Crippen LogP contribution is -2.33. The maximum atomic E-state index is 9.15. The van der Waals surface area contributed by atoms with Crippen LogP contribution in [-0.4, -0.2) is 35.9 Å². The molecule has 3 nitrogen and oxygen atoms in total. The SMILES string of the molecule is C[Si](C)(C)O[SiH2]CNCCc1ccc(O)cc1. The Labute approximate surface area is 107 Å². The molecule has 2 N–H and O–H groups in total. The second-order valence-corrected chi connectivity index (χ2v) is 11.4. The summed E-state index contributed by atoms with van der Waals surface area (Å²) in [6.45, 7) is 7.68. The second-order valence-electron chi connectivity index (χ2n) is 5.13. The predicted molar refractivity (Wildman–Crippen MR) is 77.7 cm³/mol. The van der Waals surface area contributed by atoms with Crippen LogP contribution in [0.3, 0.4) is 0 Å². The van der Waals surface area contributed by atoms with E-state index in [4.69, 9.17) is 9.22 Å². The summed E-state index contributed by atoms with van der Waals surface area (Å²) in [7, 11) is -1.68. The van der Waals surface area contributed by atoms with Crippen LogP contribution in [0.5, 0.6) is 5.75 Å². The highest BCUT2D eigenvalue weighted by atomic mass is 28.4. The Kier molecular flexibility index (Phi) is 5.90. The average Bonchev–Trinajstić information content (AvgIpc) is 2.24. The van der Waals surface area contributed by atoms with Gasteiger partial charge in [0, 0.05) is 6.17 Å². The summed E-state index contributed by atoms with van der Waals surface area (Å²) in [6, 6.07) is 7.40. The van der Waals surface area contributed by atoms with Crippen molar-refractivity contribution < 1.29 is 9.22 Å². The summed E-state index contributed by atoms with van der Waals surface area (Å²) in [6.07, 6.45) is 2.05. The number of benzene rings is 1. The van der Waals surface area contributed by atoms with Gasteiger partial charge in [0.2, 0.25) is 0 Å². The molecule has 0 fully saturated rings. The number of nitrogens with one attached hydrogen (secondary N) is 1. The van der Waals surface area contributed by atoms with Crippen LogP contribution in [0.25, 0.3) is 0 Å². The molecule has 0 spiro atoms. The van der Waals surface area contributed by atoms with Gasteiger partial charge >= 0.3 is 0 Å². The standard InChI is InChI=1S/C12H23NO2Si2/c1-17(2,3)15-16-10-13-9-8-11-4-6-12(14)7-5-11/h4-7,13-14H,8-10,16H2,1-3H3. The molecule has 0 amide bonds. The highest BCUT2D eigenvalue weighted by Crippen LogP contribution is 2.09. The second kappa shape index (κ2) is 6.95. The van der Waals surface area contributed by atoms with Gasteiger partial charge in [-0.25, -0.2) is 0 Å². The zero-order valence-corrected chi connectivity index (χ0v) is 13.4. The molecule has 0 radical (unpaired) electrons. The molecule has 0 atom stereocenters. The Morgan fingerprint density at radius 2 is 1.88 bits per heavy atom. The van der Waals surface area contributed by atoms with E-state index in [1.54, 1.807) is 12.1 Å². The van der Waals surface area contributed by atoms with E-state index in [9.17, 15) is 0 Å². The summed E-state index contributed by atoms with van der Waals surface area (Å²) in [5, 5.41) is 12.6. The van der Waals surface area contributed by atoms with E-state index in [1.807, 2.05) is 12.1 Å². The molecule has 1 aromatic rings. The van der Waals surface area contributed by atoms with Gasteiger partial charge in [0.25, 0.3) is 0 Å². The number of rotatable bonds is 7. The van der Waals surface area contributed by atoms with Crippen molar-refractivity contribution in [2.75, 3.05) is 12.7 Å². The first-order valence-corrected chi connectivity index (χ1v) is 11.1. The number of aromatic hydroxyl groups is 1. The van der Waals surface area contributed by atoms with Crippen LogP contribution in [0, 0.1) is 0 Å². The minimum absolute atomic E-state index is 0.331. The van der Waals surface area contributed by atoms with Crippen LogP contribution in [0.4, 0.5) is 0 Å². The van der Waals surface area contributed by atoms with Crippen LogP contribution in [0.15, 0.2) is 24.3 Å². The summed E-state index contributed by atoms with van der Waals surface area (Å²) < 4.78 is 5.88. The van der Waals surface area contributed by atoms with Crippen LogP contribution < -0.4 is 5.32 Å². The van der Waals surface area contributed by atoms with Crippen LogP contribution in [0.1, 0.15) is 5.56 Å². The molecule has 1 aromatic carbocycles. The van der Waals surface area contributed by atoms with Gasteiger partial charge in [-0.3, -0.25) is 0 Å². The van der Waals surface area contributed by atoms with Gasteiger partial charge in [-0.1, -0.05) is 12.1 Å². The Morgan fingerprint density at radius 3 is 2.47 bits per heavy atom. The van der Waals surface area contributed by atoms with E-state index < -0.39 is 8.32 Å². The van der Waals surface area contributed by atoms with E-state index in [0.717, 1.165) is 19.1 Å². The molecule has 0 saturated heterocycles. The van der Waals surface area contributed by atoms with E-state index in [0.29, 0.717) is 5.75 Å². The van der Waals surface area contributed by atoms with Gasteiger partial charge in [0.05, 0.1) is 0 Å². The fraction of sp³-hybridized carbons (Fsp3) is 0.500. The third-order valence-electron chi connectivity index (χ3n) is 2.34. The normalized spacial score (nSPS) is 12.4. The zero-order valence-electron chi connectivity index (χ0n) is 11.0. The molecule has 0 unspecified atom stereocenters. The van der Waals surface area contributed by atoms with Crippen molar-refractivity contribution in [2.24, 2.45) is 0 Å². The number of phenolic OH excluding ortho intramolecular Hbond substituents is 1. The third kappa shape index (κ3) is 7.33. The molecule has 1 rings (SSSR count). The van der Waals surface area contributed by atoms with Crippen molar-refractivity contribution in [3.63, 3.8) is 0 Å². The Hall–Kier alpha value is -0.626. The highest BCUT2D eigenvalue weighted by molar-refractivity contribution is 6.73. The lowest BCUT2D eigenvalue weighted by molar-refractivity contribution is 0.475. The Bertz CT molecular complexity index is 322. The molecule has 0 saturated carbocycles. The van der Waals surface area contributed by atoms with Crippen molar-refractivity contribution in [3.8, 4) is 5.75 Å². The fourth-order valence-corrected chi connectivity index (χ4v) is 4.70.